The third-order valence-electron chi connectivity index (χ3n) is 4.07. The summed E-state index contributed by atoms with van der Waals surface area (Å²) < 4.78 is 15.9. The molecular formula is C19H27N3O5. The minimum Gasteiger partial charge on any atom is -0.488 e. The minimum absolute atomic E-state index is 0.0796. The Labute approximate surface area is 159 Å². The van der Waals surface area contributed by atoms with E-state index in [0.717, 1.165) is 10.6 Å². The van der Waals surface area contributed by atoms with Gasteiger partial charge in [0.15, 0.2) is 17.7 Å². The highest BCUT2D eigenvalue weighted by Gasteiger charge is 2.28. The molecule has 8 nitrogen and oxygen atoms in total. The van der Waals surface area contributed by atoms with Crippen LogP contribution in [0.1, 0.15) is 18.4 Å². The molecule has 0 saturated heterocycles. The number of nitrogens with one attached hydrogen (secondary N) is 1. The van der Waals surface area contributed by atoms with E-state index >= 15 is 0 Å². The number of nitrogens with zero attached hydrogens (tertiary/aromatic N) is 1. The third-order valence-corrected chi connectivity index (χ3v) is 4.07. The number of rotatable bonds is 10. The van der Waals surface area contributed by atoms with Gasteiger partial charge in [0.25, 0.3) is 5.91 Å². The lowest BCUT2D eigenvalue weighted by atomic mass is 10.1. The number of hydrogen-bond donors (Lipinski definition) is 3. The quantitative estimate of drug-likeness (QED) is 0.317. The second-order valence-electron chi connectivity index (χ2n) is 5.98. The summed E-state index contributed by atoms with van der Waals surface area (Å²) in [7, 11) is 3.13. The fraction of sp³-hybridized carbons (Fsp3) is 0.421. The smallest absolute Gasteiger partial charge is 0.273 e. The van der Waals surface area contributed by atoms with Gasteiger partial charge < -0.3 is 24.6 Å². The number of aliphatic hydroxyl groups excluding tert-OH is 1. The van der Waals surface area contributed by atoms with E-state index in [1.165, 1.54) is 12.3 Å². The summed E-state index contributed by atoms with van der Waals surface area (Å²) in [6, 6.07) is 9.47. The molecule has 1 amide bonds. The van der Waals surface area contributed by atoms with Crippen molar-refractivity contribution >= 4 is 5.91 Å². The minimum atomic E-state index is -1.04. The number of hydrazine groups is 1. The first-order valence-electron chi connectivity index (χ1n) is 8.71. The lowest BCUT2D eigenvalue weighted by Gasteiger charge is -2.27. The predicted molar refractivity (Wildman–Crippen MR) is 99.5 cm³/mol. The fourth-order valence-electron chi connectivity index (χ4n) is 2.61. The molecule has 1 aromatic rings. The summed E-state index contributed by atoms with van der Waals surface area (Å²) >= 11 is 0. The molecule has 1 aliphatic rings. The lowest BCUT2D eigenvalue weighted by molar-refractivity contribution is -0.120. The van der Waals surface area contributed by atoms with Gasteiger partial charge in [-0.3, -0.25) is 9.80 Å². The van der Waals surface area contributed by atoms with Gasteiger partial charge in [-0.25, -0.2) is 5.84 Å². The van der Waals surface area contributed by atoms with Gasteiger partial charge in [-0.15, -0.1) is 0 Å². The van der Waals surface area contributed by atoms with Gasteiger partial charge in [-0.05, 0) is 18.1 Å². The van der Waals surface area contributed by atoms with Crippen molar-refractivity contribution in [3.05, 3.63) is 59.6 Å². The van der Waals surface area contributed by atoms with E-state index < -0.39 is 12.0 Å². The zero-order valence-electron chi connectivity index (χ0n) is 15.6. The Kier molecular flexibility index (Phi) is 8.28. The van der Waals surface area contributed by atoms with E-state index in [1.54, 1.807) is 14.2 Å². The molecule has 0 aromatic heterocycles. The van der Waals surface area contributed by atoms with Crippen molar-refractivity contribution in [1.82, 2.24) is 10.3 Å². The summed E-state index contributed by atoms with van der Waals surface area (Å²) in [5, 5.41) is 14.2. The second kappa shape index (κ2) is 10.7. The van der Waals surface area contributed by atoms with Crippen molar-refractivity contribution in [2.45, 2.75) is 31.8 Å². The molecule has 0 aliphatic carbocycles. The lowest BCUT2D eigenvalue weighted by Crippen LogP contribution is -2.41. The molecule has 0 spiro atoms. The summed E-state index contributed by atoms with van der Waals surface area (Å²) in [5.74, 6) is 5.59. The van der Waals surface area contributed by atoms with Gasteiger partial charge >= 0.3 is 0 Å². The van der Waals surface area contributed by atoms with E-state index in [4.69, 9.17) is 20.1 Å². The summed E-state index contributed by atoms with van der Waals surface area (Å²) in [6.07, 6.45) is 2.84. The molecule has 1 aromatic carbocycles. The van der Waals surface area contributed by atoms with Crippen molar-refractivity contribution in [1.29, 1.82) is 0 Å². The maximum absolute atomic E-state index is 12.6. The van der Waals surface area contributed by atoms with Gasteiger partial charge in [0.1, 0.15) is 12.7 Å². The molecule has 0 bridgehead atoms. The van der Waals surface area contributed by atoms with Crippen LogP contribution in [0.5, 0.6) is 0 Å². The zero-order chi connectivity index (χ0) is 19.6. The van der Waals surface area contributed by atoms with Crippen molar-refractivity contribution < 1.29 is 24.1 Å². The molecule has 0 fully saturated rings. The average molecular weight is 377 g/mol. The highest BCUT2D eigenvalue weighted by atomic mass is 16.7. The van der Waals surface area contributed by atoms with Crippen LogP contribution >= 0.6 is 0 Å². The molecule has 1 atom stereocenters. The van der Waals surface area contributed by atoms with Crippen LogP contribution in [0.4, 0.5) is 0 Å². The van der Waals surface area contributed by atoms with Crippen LogP contribution in [-0.4, -0.2) is 49.2 Å². The zero-order valence-corrected chi connectivity index (χ0v) is 15.6. The van der Waals surface area contributed by atoms with E-state index in [2.05, 4.69) is 5.32 Å². The van der Waals surface area contributed by atoms with Crippen LogP contribution in [0.2, 0.25) is 0 Å². The average Bonchev–Trinajstić information content (AvgIpc) is 2.69. The van der Waals surface area contributed by atoms with E-state index in [0.29, 0.717) is 19.4 Å². The van der Waals surface area contributed by atoms with Crippen molar-refractivity contribution in [2.75, 3.05) is 20.8 Å². The van der Waals surface area contributed by atoms with E-state index in [9.17, 15) is 9.90 Å². The fourth-order valence-corrected chi connectivity index (χ4v) is 2.61. The Bertz CT molecular complexity index is 659. The molecule has 0 saturated carbocycles. The molecule has 27 heavy (non-hydrogen) atoms. The van der Waals surface area contributed by atoms with Gasteiger partial charge in [0.2, 0.25) is 0 Å². The first kappa shape index (κ1) is 20.9. The van der Waals surface area contributed by atoms with Crippen LogP contribution in [0.3, 0.4) is 0 Å². The van der Waals surface area contributed by atoms with Crippen LogP contribution < -0.4 is 11.2 Å². The van der Waals surface area contributed by atoms with Crippen LogP contribution in [0.25, 0.3) is 0 Å². The summed E-state index contributed by atoms with van der Waals surface area (Å²) in [4.78, 5) is 12.6. The topological polar surface area (TPSA) is 106 Å². The van der Waals surface area contributed by atoms with Crippen LogP contribution in [-0.2, 0) is 25.6 Å². The Balaban J connectivity index is 2.00. The first-order chi connectivity index (χ1) is 13.1. The largest absolute Gasteiger partial charge is 0.488 e. The van der Waals surface area contributed by atoms with E-state index in [-0.39, 0.29) is 24.4 Å². The standard InChI is InChI=1S/C19H27N3O5/c1-25-16(26-2)9-6-11-21-19(24)17-18(15(23)10-12-22(17)20)27-13-14-7-4-3-5-8-14/h3-5,7-8,10,12,15-16,23H,6,9,11,13,20H2,1-2H3,(H,21,24). The maximum Gasteiger partial charge on any atom is 0.273 e. The molecule has 1 unspecified atom stereocenters. The Hall–Kier alpha value is -2.39. The summed E-state index contributed by atoms with van der Waals surface area (Å²) in [6.45, 7) is 0.625. The molecule has 1 aliphatic heterocycles. The maximum atomic E-state index is 12.6. The number of benzene rings is 1. The number of ether oxygens (including phenoxy) is 3. The molecule has 2 rings (SSSR count). The molecular weight excluding hydrogens is 350 g/mol. The third kappa shape index (κ3) is 6.07. The number of hydrogen-bond acceptors (Lipinski definition) is 7. The molecule has 4 N–H and O–H groups in total. The first-order valence-corrected chi connectivity index (χ1v) is 8.71. The number of methoxy groups -OCH3 is 2. The normalized spacial score (nSPS) is 16.8. The van der Waals surface area contributed by atoms with Gasteiger partial charge in [0, 0.05) is 33.4 Å². The molecule has 148 valence electrons. The number of amides is 1. The Morgan fingerprint density at radius 1 is 1.30 bits per heavy atom. The van der Waals surface area contributed by atoms with Gasteiger partial charge in [-0.1, -0.05) is 30.3 Å². The Morgan fingerprint density at radius 3 is 2.67 bits per heavy atom. The monoisotopic (exact) mass is 377 g/mol. The molecule has 8 heteroatoms. The second-order valence-corrected chi connectivity index (χ2v) is 5.98. The number of carbonyl (C=O) groups is 1. The Morgan fingerprint density at radius 2 is 2.00 bits per heavy atom. The van der Waals surface area contributed by atoms with Crippen molar-refractivity contribution in [3.8, 4) is 0 Å². The van der Waals surface area contributed by atoms with E-state index in [1.807, 2.05) is 30.3 Å². The SMILES string of the molecule is COC(CCCNC(=O)C1=C(OCc2ccccc2)C(O)C=CN1N)OC. The number of carbonyl (C=O) groups excluding carboxylic acids is 1. The van der Waals surface area contributed by atoms with Gasteiger partial charge in [0.05, 0.1) is 0 Å². The van der Waals surface area contributed by atoms with Crippen LogP contribution in [0.15, 0.2) is 54.1 Å². The number of aliphatic hydroxyl groups is 1. The van der Waals surface area contributed by atoms with Crippen molar-refractivity contribution in [2.24, 2.45) is 5.84 Å². The van der Waals surface area contributed by atoms with Gasteiger partial charge in [-0.2, -0.15) is 0 Å². The number of nitrogens with two attached hydrogens (primary N) is 1. The highest BCUT2D eigenvalue weighted by molar-refractivity contribution is 5.93. The summed E-state index contributed by atoms with van der Waals surface area (Å²) in [5.41, 5.74) is 0.996. The molecule has 1 heterocycles. The van der Waals surface area contributed by atoms with Crippen LogP contribution in [0, 0.1) is 0 Å². The molecule has 0 radical (unpaired) electrons. The predicted octanol–water partition coefficient (Wildman–Crippen LogP) is 0.994. The van der Waals surface area contributed by atoms with Crippen molar-refractivity contribution in [3.63, 3.8) is 0 Å². The highest BCUT2D eigenvalue weighted by Crippen LogP contribution is 2.21.